The first-order valence-corrected chi connectivity index (χ1v) is 13.7. The minimum absolute atomic E-state index is 0.148. The zero-order valence-corrected chi connectivity index (χ0v) is 22.7. The first-order valence-electron chi connectivity index (χ1n) is 11.8. The van der Waals surface area contributed by atoms with Gasteiger partial charge in [0.25, 0.3) is 5.91 Å². The van der Waals surface area contributed by atoms with Crippen LogP contribution in [0.4, 0.5) is 11.4 Å². The van der Waals surface area contributed by atoms with E-state index in [-0.39, 0.29) is 23.6 Å². The largest absolute Gasteiger partial charge is 0.314 e. The summed E-state index contributed by atoms with van der Waals surface area (Å²) in [4.78, 5) is 48.8. The van der Waals surface area contributed by atoms with E-state index < -0.39 is 16.9 Å². The maximum Gasteiger partial charge on any atom is 0.253 e. The highest BCUT2D eigenvalue weighted by Gasteiger charge is 2.82. The van der Waals surface area contributed by atoms with Gasteiger partial charge in [-0.3, -0.25) is 19.3 Å². The quantitative estimate of drug-likeness (QED) is 0.519. The fourth-order valence-electron chi connectivity index (χ4n) is 7.07. The van der Waals surface area contributed by atoms with Crippen LogP contribution in [0.25, 0.3) is 0 Å². The lowest BCUT2D eigenvalue weighted by molar-refractivity contribution is -0.141. The predicted molar refractivity (Wildman–Crippen MR) is 144 cm³/mol. The van der Waals surface area contributed by atoms with E-state index in [1.807, 2.05) is 19.9 Å². The molecule has 2 amide bonds. The first-order chi connectivity index (χ1) is 17.1. The van der Waals surface area contributed by atoms with Gasteiger partial charge in [-0.25, -0.2) is 0 Å². The van der Waals surface area contributed by atoms with Crippen molar-refractivity contribution in [1.82, 2.24) is 4.90 Å². The molecule has 9 heteroatoms. The number of carbonyl (C=O) groups excluding carboxylic acids is 3. The van der Waals surface area contributed by atoms with Crippen molar-refractivity contribution >= 4 is 63.9 Å². The molecule has 0 aromatic heterocycles. The average Bonchev–Trinajstić information content (AvgIpc) is 3.49. The van der Waals surface area contributed by atoms with Crippen molar-refractivity contribution in [1.29, 1.82) is 0 Å². The van der Waals surface area contributed by atoms with Crippen LogP contribution in [0.15, 0.2) is 48.0 Å². The number of likely N-dealkylation sites (N-methyl/N-ethyl adjacent to an activating group) is 2. The standard InChI is InChI=1S/C27H25Cl2N3O3S/c1-14(2)9-22(33)23-21-12-36-13-32(21)27(18-11-16(29)6-8-20(18)31(4)25(27)35)26(23)17-10-15(28)5-7-19(17)30(3)24(26)34/h5-11,21,23H,12-13H2,1-4H3/t21?,23-,26+,27-/m1/s1. The summed E-state index contributed by atoms with van der Waals surface area (Å²) < 4.78 is 0. The van der Waals surface area contributed by atoms with E-state index in [1.165, 1.54) is 0 Å². The van der Waals surface area contributed by atoms with Gasteiger partial charge in [-0.2, -0.15) is 0 Å². The molecule has 2 aromatic carbocycles. The van der Waals surface area contributed by atoms with Crippen molar-refractivity contribution < 1.29 is 14.4 Å². The van der Waals surface area contributed by atoms with Gasteiger partial charge in [0.05, 0.1) is 5.92 Å². The van der Waals surface area contributed by atoms with E-state index in [0.717, 1.165) is 5.57 Å². The van der Waals surface area contributed by atoms with E-state index in [2.05, 4.69) is 4.90 Å². The molecule has 36 heavy (non-hydrogen) atoms. The lowest BCUT2D eigenvalue weighted by Crippen LogP contribution is -2.64. The number of thioether (sulfide) groups is 1. The van der Waals surface area contributed by atoms with Gasteiger partial charge in [0.2, 0.25) is 5.91 Å². The third kappa shape index (κ3) is 2.62. The molecule has 2 fully saturated rings. The second-order valence-electron chi connectivity index (χ2n) is 10.2. The third-order valence-electron chi connectivity index (χ3n) is 8.22. The summed E-state index contributed by atoms with van der Waals surface area (Å²) in [5.74, 6) is -0.271. The Labute approximate surface area is 224 Å². The zero-order chi connectivity index (χ0) is 25.7. The zero-order valence-electron chi connectivity index (χ0n) is 20.3. The minimum atomic E-state index is -1.50. The summed E-state index contributed by atoms with van der Waals surface area (Å²) in [5, 5.41) is 0.922. The molecule has 2 saturated heterocycles. The van der Waals surface area contributed by atoms with Crippen LogP contribution in [-0.2, 0) is 25.3 Å². The van der Waals surface area contributed by atoms with E-state index in [9.17, 15) is 14.4 Å². The van der Waals surface area contributed by atoms with Gasteiger partial charge in [0.1, 0.15) is 11.0 Å². The second-order valence-corrected chi connectivity index (χ2v) is 12.1. The van der Waals surface area contributed by atoms with Crippen LogP contribution in [0.5, 0.6) is 0 Å². The number of allylic oxidation sites excluding steroid dienone is 2. The average molecular weight is 542 g/mol. The molecule has 6 nitrogen and oxygen atoms in total. The van der Waals surface area contributed by atoms with E-state index >= 15 is 0 Å². The molecule has 4 aliphatic heterocycles. The topological polar surface area (TPSA) is 60.9 Å². The smallest absolute Gasteiger partial charge is 0.253 e. The van der Waals surface area contributed by atoms with Crippen LogP contribution in [0.1, 0.15) is 25.0 Å². The molecule has 4 heterocycles. The summed E-state index contributed by atoms with van der Waals surface area (Å²) in [5.41, 5.74) is 0.551. The highest BCUT2D eigenvalue weighted by molar-refractivity contribution is 7.99. The number of hydrogen-bond donors (Lipinski definition) is 0. The third-order valence-corrected chi connectivity index (χ3v) is 9.73. The Hall–Kier alpha value is -2.32. The Kier molecular flexibility index (Phi) is 5.24. The van der Waals surface area contributed by atoms with Crippen LogP contribution < -0.4 is 9.80 Å². The lowest BCUT2D eigenvalue weighted by Gasteiger charge is -2.44. The monoisotopic (exact) mass is 541 g/mol. The van der Waals surface area contributed by atoms with Crippen molar-refractivity contribution in [3.05, 3.63) is 69.2 Å². The summed E-state index contributed by atoms with van der Waals surface area (Å²) >= 11 is 14.7. The fourth-order valence-corrected chi connectivity index (χ4v) is 8.71. The van der Waals surface area contributed by atoms with Crippen molar-refractivity contribution in [2.75, 3.05) is 35.5 Å². The number of halogens is 2. The molecule has 0 N–H and O–H groups in total. The van der Waals surface area contributed by atoms with Gasteiger partial charge >= 0.3 is 0 Å². The lowest BCUT2D eigenvalue weighted by atomic mass is 9.57. The Morgan fingerprint density at radius 3 is 2.19 bits per heavy atom. The number of nitrogens with zero attached hydrogens (tertiary/aromatic N) is 3. The fraction of sp³-hybridized carbons (Fsp3) is 0.370. The van der Waals surface area contributed by atoms with Crippen LogP contribution in [-0.4, -0.2) is 54.3 Å². The Morgan fingerprint density at radius 2 is 1.56 bits per heavy atom. The number of benzene rings is 2. The summed E-state index contributed by atoms with van der Waals surface area (Å²) in [7, 11) is 3.43. The Morgan fingerprint density at radius 1 is 0.972 bits per heavy atom. The summed E-state index contributed by atoms with van der Waals surface area (Å²) in [6, 6.07) is 10.4. The second kappa shape index (κ2) is 7.84. The van der Waals surface area contributed by atoms with Crippen molar-refractivity contribution in [2.24, 2.45) is 5.92 Å². The number of rotatable bonds is 2. The molecule has 0 bridgehead atoms. The van der Waals surface area contributed by atoms with Gasteiger partial charge in [-0.15, -0.1) is 11.8 Å². The highest BCUT2D eigenvalue weighted by Crippen LogP contribution is 2.69. The number of carbonyl (C=O) groups is 3. The van der Waals surface area contributed by atoms with Crippen molar-refractivity contribution in [3.63, 3.8) is 0 Å². The molecule has 0 radical (unpaired) electrons. The van der Waals surface area contributed by atoms with E-state index in [0.29, 0.717) is 44.2 Å². The molecule has 0 aliphatic carbocycles. The SMILES string of the molecule is CC(C)=CC(=O)[C@H]1C2CSCN2[C@]2(C(=O)N(C)c3ccc(Cl)cc32)[C@]12C(=O)N(C)c1ccc(Cl)cc12. The summed E-state index contributed by atoms with van der Waals surface area (Å²) in [6.07, 6.45) is 1.62. The van der Waals surface area contributed by atoms with Crippen molar-refractivity contribution in [3.8, 4) is 0 Å². The molecule has 4 aliphatic rings. The summed E-state index contributed by atoms with van der Waals surface area (Å²) in [6.45, 7) is 3.74. The van der Waals surface area contributed by atoms with Crippen LogP contribution in [0.3, 0.4) is 0 Å². The van der Waals surface area contributed by atoms with E-state index in [1.54, 1.807) is 72.1 Å². The van der Waals surface area contributed by atoms with Crippen molar-refractivity contribution in [2.45, 2.75) is 30.8 Å². The van der Waals surface area contributed by atoms with Gasteiger partial charge < -0.3 is 9.80 Å². The number of amides is 2. The molecular weight excluding hydrogens is 517 g/mol. The Bertz CT molecular complexity index is 1410. The number of anilines is 2. The molecule has 1 unspecified atom stereocenters. The van der Waals surface area contributed by atoms with Crippen LogP contribution >= 0.6 is 35.0 Å². The molecular formula is C27H25Cl2N3O3S. The van der Waals surface area contributed by atoms with Gasteiger partial charge in [-0.05, 0) is 61.9 Å². The molecule has 2 aromatic rings. The van der Waals surface area contributed by atoms with Gasteiger partial charge in [0, 0.05) is 58.8 Å². The maximum atomic E-state index is 14.7. The van der Waals surface area contributed by atoms with E-state index in [4.69, 9.17) is 23.2 Å². The molecule has 0 saturated carbocycles. The number of hydrogen-bond acceptors (Lipinski definition) is 5. The number of fused-ring (bicyclic) bond motifs is 7. The highest BCUT2D eigenvalue weighted by atomic mass is 35.5. The van der Waals surface area contributed by atoms with Crippen LogP contribution in [0.2, 0.25) is 10.0 Å². The molecule has 4 atom stereocenters. The predicted octanol–water partition coefficient (Wildman–Crippen LogP) is 4.62. The first kappa shape index (κ1) is 24.0. The Balaban J connectivity index is 1.81. The van der Waals surface area contributed by atoms with Crippen LogP contribution in [0, 0.1) is 5.92 Å². The molecule has 6 rings (SSSR count). The maximum absolute atomic E-state index is 14.7. The van der Waals surface area contributed by atoms with Gasteiger partial charge in [0.15, 0.2) is 5.78 Å². The normalized spacial score (nSPS) is 30.4. The number of ketones is 1. The van der Waals surface area contributed by atoms with Gasteiger partial charge in [-0.1, -0.05) is 28.8 Å². The minimum Gasteiger partial charge on any atom is -0.314 e. The molecule has 186 valence electrons. The molecule has 2 spiro atoms.